The van der Waals surface area contributed by atoms with Crippen LogP contribution in [0.1, 0.15) is 66.2 Å². The molecule has 0 atom stereocenters. The predicted octanol–water partition coefficient (Wildman–Crippen LogP) is 0.179. The average molecular weight is 370 g/mol. The zero-order valence-electron chi connectivity index (χ0n) is 15.6. The Morgan fingerprint density at radius 1 is 0.577 bits per heavy atom. The molecule has 0 rings (SSSR count). The zero-order valence-corrected chi connectivity index (χ0v) is 15.6. The van der Waals surface area contributed by atoms with Crippen LogP contribution in [0.5, 0.6) is 0 Å². The molecule has 2 N–H and O–H groups in total. The second-order valence-corrected chi connectivity index (χ2v) is 5.75. The molecule has 0 spiro atoms. The number of hydrogen-bond donors (Lipinski definition) is 2. The molecule has 0 aromatic heterocycles. The van der Waals surface area contributed by atoms with Crippen molar-refractivity contribution in [1.29, 1.82) is 0 Å². The third kappa shape index (κ3) is 9.50. The average Bonchev–Trinajstić information content (AvgIpc) is 2.52. The lowest BCUT2D eigenvalue weighted by molar-refractivity contribution is -0.152. The fourth-order valence-corrected chi connectivity index (χ4v) is 2.08. The van der Waals surface area contributed by atoms with E-state index in [1.165, 1.54) is 27.7 Å². The minimum Gasteiger partial charge on any atom is -0.274 e. The van der Waals surface area contributed by atoms with Crippen molar-refractivity contribution in [3.05, 3.63) is 0 Å². The molecule has 0 radical (unpaired) electrons. The first kappa shape index (κ1) is 23.2. The van der Waals surface area contributed by atoms with Crippen LogP contribution in [0.25, 0.3) is 0 Å². The van der Waals surface area contributed by atoms with E-state index in [1.807, 2.05) is 0 Å². The number of amides is 6. The first-order valence-electron chi connectivity index (χ1n) is 8.27. The molecular weight excluding hydrogens is 344 g/mol. The molecule has 0 heterocycles. The SMILES string of the molecule is CC(=O)NN(C(C)=O)C(=O)CCCCCCC(=O)N(NC(C)=O)C(C)=O. The zero-order chi connectivity index (χ0) is 20.3. The van der Waals surface area contributed by atoms with E-state index in [0.717, 1.165) is 0 Å². The van der Waals surface area contributed by atoms with E-state index in [0.29, 0.717) is 35.7 Å². The summed E-state index contributed by atoms with van der Waals surface area (Å²) in [6.07, 6.45) is 2.39. The maximum Gasteiger partial charge on any atom is 0.248 e. The van der Waals surface area contributed by atoms with Crippen molar-refractivity contribution in [2.45, 2.75) is 66.2 Å². The topological polar surface area (TPSA) is 133 Å². The highest BCUT2D eigenvalue weighted by Crippen LogP contribution is 2.08. The number of hydrazine groups is 2. The first-order chi connectivity index (χ1) is 12.1. The molecule has 10 nitrogen and oxygen atoms in total. The van der Waals surface area contributed by atoms with Crippen molar-refractivity contribution in [3.8, 4) is 0 Å². The van der Waals surface area contributed by atoms with Crippen LogP contribution < -0.4 is 10.9 Å². The number of nitrogens with one attached hydrogen (secondary N) is 2. The molecular formula is C16H26N4O6. The number of carbonyl (C=O) groups excluding carboxylic acids is 6. The molecule has 0 fully saturated rings. The summed E-state index contributed by atoms with van der Waals surface area (Å²) in [6, 6.07) is 0. The summed E-state index contributed by atoms with van der Waals surface area (Å²) >= 11 is 0. The van der Waals surface area contributed by atoms with Crippen LogP contribution in [-0.4, -0.2) is 45.5 Å². The molecule has 0 aliphatic heterocycles. The molecule has 0 saturated carbocycles. The standard InChI is InChI=1S/C16H26N4O6/c1-11(21)17-19(13(3)23)15(25)9-7-5-6-8-10-16(26)20(14(4)24)18-12(2)22/h5-10H2,1-4H3,(H,17,21)(H,18,22). The Labute approximate surface area is 152 Å². The molecule has 10 heteroatoms. The highest BCUT2D eigenvalue weighted by molar-refractivity contribution is 5.96. The number of hydrogen-bond acceptors (Lipinski definition) is 6. The summed E-state index contributed by atoms with van der Waals surface area (Å²) < 4.78 is 0. The Kier molecular flexibility index (Phi) is 10.5. The number of unbranched alkanes of at least 4 members (excludes halogenated alkanes) is 3. The van der Waals surface area contributed by atoms with Gasteiger partial charge in [0.05, 0.1) is 0 Å². The molecule has 6 amide bonds. The number of nitrogens with zero attached hydrogens (tertiary/aromatic N) is 2. The Morgan fingerprint density at radius 3 is 1.12 bits per heavy atom. The van der Waals surface area contributed by atoms with Crippen molar-refractivity contribution < 1.29 is 28.8 Å². The molecule has 0 unspecified atom stereocenters. The van der Waals surface area contributed by atoms with Gasteiger partial charge in [0.1, 0.15) is 0 Å². The Morgan fingerprint density at radius 2 is 0.885 bits per heavy atom. The van der Waals surface area contributed by atoms with E-state index in [4.69, 9.17) is 0 Å². The minimum absolute atomic E-state index is 0.0826. The van der Waals surface area contributed by atoms with E-state index in [2.05, 4.69) is 10.9 Å². The van der Waals surface area contributed by atoms with Gasteiger partial charge >= 0.3 is 0 Å². The summed E-state index contributed by atoms with van der Waals surface area (Å²) in [6.45, 7) is 4.75. The van der Waals surface area contributed by atoms with Crippen LogP contribution in [-0.2, 0) is 28.8 Å². The largest absolute Gasteiger partial charge is 0.274 e. The highest BCUT2D eigenvalue weighted by atomic mass is 16.2. The van der Waals surface area contributed by atoms with Crippen molar-refractivity contribution in [1.82, 2.24) is 20.9 Å². The molecule has 0 saturated heterocycles. The van der Waals surface area contributed by atoms with Gasteiger partial charge in [0.25, 0.3) is 0 Å². The Hall–Kier alpha value is -2.78. The molecule has 0 aliphatic carbocycles. The van der Waals surface area contributed by atoms with Gasteiger partial charge in [-0.3, -0.25) is 39.6 Å². The van der Waals surface area contributed by atoms with Gasteiger partial charge < -0.3 is 0 Å². The lowest BCUT2D eigenvalue weighted by Crippen LogP contribution is -2.48. The highest BCUT2D eigenvalue weighted by Gasteiger charge is 2.19. The minimum atomic E-state index is -0.571. The third-order valence-corrected chi connectivity index (χ3v) is 3.20. The Balaban J connectivity index is 4.15. The van der Waals surface area contributed by atoms with E-state index in [-0.39, 0.29) is 12.8 Å². The maximum atomic E-state index is 11.9. The summed E-state index contributed by atoms with van der Waals surface area (Å²) in [5.74, 6) is -3.17. The van der Waals surface area contributed by atoms with Crippen molar-refractivity contribution in [2.24, 2.45) is 0 Å². The smallest absolute Gasteiger partial charge is 0.248 e. The monoisotopic (exact) mass is 370 g/mol. The van der Waals surface area contributed by atoms with E-state index < -0.39 is 35.4 Å². The second kappa shape index (κ2) is 11.7. The lowest BCUT2D eigenvalue weighted by atomic mass is 10.1. The van der Waals surface area contributed by atoms with Crippen LogP contribution in [0.3, 0.4) is 0 Å². The summed E-state index contributed by atoms with van der Waals surface area (Å²) in [5, 5.41) is 1.37. The molecule has 0 aromatic rings. The van der Waals surface area contributed by atoms with Gasteiger partial charge in [0, 0.05) is 40.5 Å². The maximum absolute atomic E-state index is 11.9. The third-order valence-electron chi connectivity index (χ3n) is 3.20. The summed E-state index contributed by atoms with van der Waals surface area (Å²) in [4.78, 5) is 68.3. The molecule has 0 aliphatic rings. The van der Waals surface area contributed by atoms with Gasteiger partial charge in [0.15, 0.2) is 0 Å². The van der Waals surface area contributed by atoms with Gasteiger partial charge in [0.2, 0.25) is 35.4 Å². The fraction of sp³-hybridized carbons (Fsp3) is 0.625. The normalized spacial score (nSPS) is 9.85. The van der Waals surface area contributed by atoms with Crippen molar-refractivity contribution >= 4 is 35.4 Å². The van der Waals surface area contributed by atoms with E-state index in [9.17, 15) is 28.8 Å². The Bertz CT molecular complexity index is 525. The first-order valence-corrected chi connectivity index (χ1v) is 8.27. The van der Waals surface area contributed by atoms with Crippen LogP contribution in [0.15, 0.2) is 0 Å². The van der Waals surface area contributed by atoms with Crippen LogP contribution in [0, 0.1) is 0 Å². The van der Waals surface area contributed by atoms with Crippen molar-refractivity contribution in [2.75, 3.05) is 0 Å². The molecule has 26 heavy (non-hydrogen) atoms. The summed E-state index contributed by atoms with van der Waals surface area (Å²) in [5.41, 5.74) is 4.33. The van der Waals surface area contributed by atoms with Gasteiger partial charge in [-0.25, -0.2) is 0 Å². The molecule has 0 aromatic carbocycles. The van der Waals surface area contributed by atoms with Crippen LogP contribution in [0.2, 0.25) is 0 Å². The summed E-state index contributed by atoms with van der Waals surface area (Å²) in [7, 11) is 0. The second-order valence-electron chi connectivity index (χ2n) is 5.75. The predicted molar refractivity (Wildman–Crippen MR) is 90.4 cm³/mol. The van der Waals surface area contributed by atoms with Gasteiger partial charge in [-0.1, -0.05) is 12.8 Å². The number of rotatable bonds is 7. The molecule has 0 bridgehead atoms. The van der Waals surface area contributed by atoms with Gasteiger partial charge in [-0.15, -0.1) is 0 Å². The fourth-order valence-electron chi connectivity index (χ4n) is 2.08. The van der Waals surface area contributed by atoms with Crippen molar-refractivity contribution in [3.63, 3.8) is 0 Å². The van der Waals surface area contributed by atoms with Crippen LogP contribution >= 0.6 is 0 Å². The number of imide groups is 2. The quantitative estimate of drug-likeness (QED) is 0.485. The van der Waals surface area contributed by atoms with E-state index >= 15 is 0 Å². The van der Waals surface area contributed by atoms with Crippen LogP contribution in [0.4, 0.5) is 0 Å². The molecule has 146 valence electrons. The van der Waals surface area contributed by atoms with Gasteiger partial charge in [-0.05, 0) is 12.8 Å². The van der Waals surface area contributed by atoms with Gasteiger partial charge in [-0.2, -0.15) is 10.0 Å². The number of carbonyl (C=O) groups is 6. The van der Waals surface area contributed by atoms with E-state index in [1.54, 1.807) is 0 Å². The lowest BCUT2D eigenvalue weighted by Gasteiger charge is -2.19.